The van der Waals surface area contributed by atoms with Crippen LogP contribution in [0.25, 0.3) is 5.57 Å². The molecule has 0 amide bonds. The summed E-state index contributed by atoms with van der Waals surface area (Å²) in [7, 11) is 2.16. The predicted octanol–water partition coefficient (Wildman–Crippen LogP) is 7.99. The Kier molecular flexibility index (Phi) is 6.59. The van der Waals surface area contributed by atoms with Gasteiger partial charge in [0.1, 0.15) is 11.5 Å². The minimum Gasteiger partial charge on any atom is -0.457 e. The first-order valence-electron chi connectivity index (χ1n) is 13.6. The number of rotatable bonds is 5. The molecule has 0 bridgehead atoms. The van der Waals surface area contributed by atoms with Crippen LogP contribution in [0.2, 0.25) is 0 Å². The Morgan fingerprint density at radius 3 is 2.27 bits per heavy atom. The normalized spacial score (nSPS) is 19.6. The number of fused-ring (bicyclic) bond motifs is 1. The number of aryl methyl sites for hydroxylation is 1. The number of anilines is 2. The number of ether oxygens (including phenoxy) is 1. The van der Waals surface area contributed by atoms with Crippen molar-refractivity contribution >= 4 is 34.3 Å². The smallest absolute Gasteiger partial charge is 0.174 e. The van der Waals surface area contributed by atoms with Crippen LogP contribution in [0.4, 0.5) is 11.4 Å². The number of thiocarbonyl (C=S) groups is 1. The molecule has 6 heteroatoms. The van der Waals surface area contributed by atoms with E-state index in [1.165, 1.54) is 28.0 Å². The molecule has 2 aliphatic heterocycles. The summed E-state index contributed by atoms with van der Waals surface area (Å²) in [6.07, 6.45) is 4.19. The van der Waals surface area contributed by atoms with Gasteiger partial charge in [0.2, 0.25) is 0 Å². The van der Waals surface area contributed by atoms with Gasteiger partial charge in [0, 0.05) is 30.2 Å². The van der Waals surface area contributed by atoms with Crippen molar-refractivity contribution in [2.45, 2.75) is 45.3 Å². The zero-order valence-electron chi connectivity index (χ0n) is 23.6. The first-order chi connectivity index (χ1) is 19.2. The van der Waals surface area contributed by atoms with Gasteiger partial charge in [-0.05, 0) is 112 Å². The summed E-state index contributed by atoms with van der Waals surface area (Å²) in [6.45, 7) is 8.77. The summed E-state index contributed by atoms with van der Waals surface area (Å²) in [6, 6.07) is 28.9. The lowest BCUT2D eigenvalue weighted by molar-refractivity contribution is 0.482. The van der Waals surface area contributed by atoms with Gasteiger partial charge >= 0.3 is 0 Å². The minimum absolute atomic E-state index is 0.0417. The van der Waals surface area contributed by atoms with Crippen molar-refractivity contribution in [3.8, 4) is 11.5 Å². The highest BCUT2D eigenvalue weighted by molar-refractivity contribution is 7.80. The molecule has 40 heavy (non-hydrogen) atoms. The van der Waals surface area contributed by atoms with Gasteiger partial charge in [-0.2, -0.15) is 0 Å². The fourth-order valence-electron chi connectivity index (χ4n) is 5.75. The average Bonchev–Trinajstić information content (AvgIpc) is 3.30. The molecule has 2 aliphatic rings. The maximum atomic E-state index is 6.09. The minimum atomic E-state index is -0.0997. The quantitative estimate of drug-likeness (QED) is 0.256. The lowest BCUT2D eigenvalue weighted by atomic mass is 9.86. The van der Waals surface area contributed by atoms with Gasteiger partial charge in [0.15, 0.2) is 5.11 Å². The van der Waals surface area contributed by atoms with Gasteiger partial charge in [-0.3, -0.25) is 4.98 Å². The molecule has 202 valence electrons. The molecule has 1 N–H and O–H groups in total. The first-order valence-corrected chi connectivity index (χ1v) is 14.0. The second-order valence-electron chi connectivity index (χ2n) is 11.2. The molecule has 3 aromatic carbocycles. The highest BCUT2D eigenvalue weighted by Crippen LogP contribution is 2.45. The molecule has 0 radical (unpaired) electrons. The van der Waals surface area contributed by atoms with Crippen LogP contribution in [0.1, 0.15) is 55.2 Å². The SMILES string of the molecule is CC1=CC(C)(C)N(C)c2ccc(C3C(c4ccccn4)NC(=S)N3c3ccc(Oc4ccc(C)cc4)cc3)cc21. The van der Waals surface area contributed by atoms with E-state index in [9.17, 15) is 0 Å². The number of pyridine rings is 1. The molecule has 1 fully saturated rings. The molecule has 6 rings (SSSR count). The molecule has 5 nitrogen and oxygen atoms in total. The summed E-state index contributed by atoms with van der Waals surface area (Å²) in [5.74, 6) is 1.60. The number of hydrogen-bond donors (Lipinski definition) is 1. The average molecular weight is 547 g/mol. The molecule has 1 saturated heterocycles. The Bertz CT molecular complexity index is 1580. The molecule has 0 saturated carbocycles. The van der Waals surface area contributed by atoms with Crippen LogP contribution in [0.5, 0.6) is 11.5 Å². The van der Waals surface area contributed by atoms with Crippen molar-refractivity contribution < 1.29 is 4.74 Å². The van der Waals surface area contributed by atoms with Crippen LogP contribution in [-0.4, -0.2) is 22.7 Å². The molecular formula is C34H34N4OS. The fraction of sp³-hybridized carbons (Fsp3) is 0.235. The van der Waals surface area contributed by atoms with Crippen LogP contribution in [0.3, 0.4) is 0 Å². The number of nitrogens with zero attached hydrogens (tertiary/aromatic N) is 3. The standard InChI is InChI=1S/C34H34N4OS/c1-22-9-14-26(15-10-22)39-27-16-12-25(13-17-27)38-32(31(36-33(38)40)29-8-6-7-19-35-29)24-11-18-30-28(20-24)23(2)21-34(3,4)37(30)5/h6-21,31-32H,1-5H3,(H,36,40). The summed E-state index contributed by atoms with van der Waals surface area (Å²) >= 11 is 5.96. The van der Waals surface area contributed by atoms with Gasteiger partial charge < -0.3 is 19.9 Å². The molecule has 4 aromatic rings. The number of hydrogen-bond acceptors (Lipinski definition) is 4. The van der Waals surface area contributed by atoms with E-state index in [1.807, 2.05) is 42.6 Å². The molecule has 0 spiro atoms. The van der Waals surface area contributed by atoms with E-state index in [2.05, 4.69) is 104 Å². The highest BCUT2D eigenvalue weighted by Gasteiger charge is 2.41. The van der Waals surface area contributed by atoms with Gasteiger partial charge in [0.25, 0.3) is 0 Å². The molecule has 1 aromatic heterocycles. The lowest BCUT2D eigenvalue weighted by Gasteiger charge is -2.41. The Morgan fingerprint density at radius 1 is 0.900 bits per heavy atom. The van der Waals surface area contributed by atoms with Gasteiger partial charge in [-0.25, -0.2) is 0 Å². The van der Waals surface area contributed by atoms with Crippen LogP contribution in [-0.2, 0) is 0 Å². The monoisotopic (exact) mass is 546 g/mol. The van der Waals surface area contributed by atoms with E-state index in [0.717, 1.165) is 22.9 Å². The van der Waals surface area contributed by atoms with Crippen molar-refractivity contribution in [1.29, 1.82) is 0 Å². The second-order valence-corrected chi connectivity index (χ2v) is 11.6. The van der Waals surface area contributed by atoms with Crippen LogP contribution in [0.15, 0.2) is 97.2 Å². The summed E-state index contributed by atoms with van der Waals surface area (Å²) < 4.78 is 6.09. The van der Waals surface area contributed by atoms with Crippen molar-refractivity contribution in [3.63, 3.8) is 0 Å². The maximum absolute atomic E-state index is 6.09. The van der Waals surface area contributed by atoms with E-state index in [0.29, 0.717) is 5.11 Å². The fourth-order valence-corrected chi connectivity index (χ4v) is 6.10. The number of aromatic nitrogens is 1. The zero-order valence-corrected chi connectivity index (χ0v) is 24.4. The summed E-state index contributed by atoms with van der Waals surface area (Å²) in [5, 5.41) is 4.26. The predicted molar refractivity (Wildman–Crippen MR) is 168 cm³/mol. The molecule has 2 atom stereocenters. The zero-order chi connectivity index (χ0) is 28.0. The number of likely N-dealkylation sites (N-methyl/N-ethyl adjacent to an activating group) is 1. The number of benzene rings is 3. The third-order valence-corrected chi connectivity index (χ3v) is 8.37. The van der Waals surface area contributed by atoms with Gasteiger partial charge in [-0.1, -0.05) is 35.9 Å². The molecular weight excluding hydrogens is 512 g/mol. The van der Waals surface area contributed by atoms with E-state index >= 15 is 0 Å². The Balaban J connectivity index is 1.39. The van der Waals surface area contributed by atoms with E-state index in [1.54, 1.807) is 0 Å². The van der Waals surface area contributed by atoms with Crippen LogP contribution in [0, 0.1) is 6.92 Å². The van der Waals surface area contributed by atoms with Gasteiger partial charge in [-0.15, -0.1) is 0 Å². The molecule has 2 unspecified atom stereocenters. The van der Waals surface area contributed by atoms with Crippen molar-refractivity contribution in [3.05, 3.63) is 120 Å². The number of nitrogens with one attached hydrogen (secondary N) is 1. The van der Waals surface area contributed by atoms with Crippen LogP contribution < -0.4 is 19.9 Å². The largest absolute Gasteiger partial charge is 0.457 e. The lowest BCUT2D eigenvalue weighted by Crippen LogP contribution is -2.42. The van der Waals surface area contributed by atoms with Crippen molar-refractivity contribution in [1.82, 2.24) is 10.3 Å². The third kappa shape index (κ3) is 4.73. The van der Waals surface area contributed by atoms with E-state index < -0.39 is 0 Å². The summed E-state index contributed by atoms with van der Waals surface area (Å²) in [4.78, 5) is 9.27. The van der Waals surface area contributed by atoms with Crippen molar-refractivity contribution in [2.24, 2.45) is 0 Å². The Morgan fingerprint density at radius 2 is 1.60 bits per heavy atom. The third-order valence-electron chi connectivity index (χ3n) is 8.05. The number of allylic oxidation sites excluding steroid dienone is 1. The van der Waals surface area contributed by atoms with Crippen molar-refractivity contribution in [2.75, 3.05) is 16.8 Å². The highest BCUT2D eigenvalue weighted by atomic mass is 32.1. The van der Waals surface area contributed by atoms with E-state index in [4.69, 9.17) is 21.9 Å². The maximum Gasteiger partial charge on any atom is 0.174 e. The Labute approximate surface area is 242 Å². The Hall–Kier alpha value is -4.16. The first kappa shape index (κ1) is 26.1. The molecule has 3 heterocycles. The topological polar surface area (TPSA) is 40.6 Å². The van der Waals surface area contributed by atoms with Gasteiger partial charge in [0.05, 0.1) is 23.3 Å². The second kappa shape index (κ2) is 10.1. The summed E-state index contributed by atoms with van der Waals surface area (Å²) in [5.41, 5.74) is 8.07. The molecule has 0 aliphatic carbocycles. The van der Waals surface area contributed by atoms with Crippen LogP contribution >= 0.6 is 12.2 Å². The van der Waals surface area contributed by atoms with E-state index in [-0.39, 0.29) is 17.6 Å².